The van der Waals surface area contributed by atoms with Crippen LogP contribution in [0, 0.1) is 0 Å². The molecule has 2 unspecified atom stereocenters. The van der Waals surface area contributed by atoms with Crippen LogP contribution in [-0.4, -0.2) is 0 Å². The van der Waals surface area contributed by atoms with Gasteiger partial charge in [0.05, 0.1) is 10.8 Å². The zero-order valence-corrected chi connectivity index (χ0v) is 32.2. The molecule has 2 heteroatoms. The van der Waals surface area contributed by atoms with Gasteiger partial charge in [-0.2, -0.15) is 0 Å². The molecule has 0 bridgehead atoms. The van der Waals surface area contributed by atoms with E-state index < -0.39 is 10.8 Å². The summed E-state index contributed by atoms with van der Waals surface area (Å²) in [6.07, 6.45) is 0. The first-order valence-corrected chi connectivity index (χ1v) is 20.1. The van der Waals surface area contributed by atoms with Gasteiger partial charge in [0, 0.05) is 8.95 Å². The maximum atomic E-state index is 3.98. The Bertz CT molecular complexity index is 2750. The molecule has 0 aromatic heterocycles. The van der Waals surface area contributed by atoms with Crippen LogP contribution in [0.4, 0.5) is 0 Å². The van der Waals surface area contributed by atoms with Crippen molar-refractivity contribution in [3.05, 3.63) is 235 Å². The minimum absolute atomic E-state index is 0.536. The molecule has 54 heavy (non-hydrogen) atoms. The quantitative estimate of drug-likeness (QED) is 0.163. The summed E-state index contributed by atoms with van der Waals surface area (Å²) in [7, 11) is 0. The lowest BCUT2D eigenvalue weighted by Crippen LogP contribution is -2.28. The fraction of sp³-hybridized carbons (Fsp3) is 0.0385. The van der Waals surface area contributed by atoms with Crippen LogP contribution in [0.5, 0.6) is 0 Å². The third-order valence-electron chi connectivity index (χ3n) is 12.6. The molecule has 0 nitrogen and oxygen atoms in total. The van der Waals surface area contributed by atoms with Gasteiger partial charge in [-0.3, -0.25) is 0 Å². The predicted octanol–water partition coefficient (Wildman–Crippen LogP) is 14.1. The van der Waals surface area contributed by atoms with E-state index in [1.54, 1.807) is 0 Å². The van der Waals surface area contributed by atoms with Crippen molar-refractivity contribution >= 4 is 43.0 Å². The molecule has 0 radical (unpaired) electrons. The lowest BCUT2D eigenvalue weighted by Gasteiger charge is -2.35. The van der Waals surface area contributed by atoms with E-state index in [0.717, 1.165) is 8.95 Å². The average molecular weight is 815 g/mol. The standard InChI is InChI=1S/C52H30Br2/c53-35-21-25-41-47(29-35)51(43-17-9-7-15-37(43)39-23-19-33(27-45(39)51)31-11-3-1-4-12-31)49-42-26-22-36(54)30-48(42)52(50(41)49)44-18-10-8-16-38(44)40-24-20-34(28-46(40)52)32-13-5-2-6-14-32/h1-30H. The number of hydrogen-bond donors (Lipinski definition) is 0. The topological polar surface area (TPSA) is 0 Å². The van der Waals surface area contributed by atoms with E-state index in [1.807, 2.05) is 0 Å². The fourth-order valence-corrected chi connectivity index (χ4v) is 11.4. The Hall–Kier alpha value is -5.54. The third kappa shape index (κ3) is 3.73. The Morgan fingerprint density at radius 3 is 1.06 bits per heavy atom. The molecule has 8 aromatic carbocycles. The molecule has 0 N–H and O–H groups in total. The largest absolute Gasteiger partial charge is 0.0729 e. The maximum Gasteiger partial charge on any atom is 0.0729 e. The van der Waals surface area contributed by atoms with Crippen LogP contribution in [0.15, 0.2) is 191 Å². The van der Waals surface area contributed by atoms with Crippen molar-refractivity contribution in [2.24, 2.45) is 0 Å². The van der Waals surface area contributed by atoms with Gasteiger partial charge in [-0.05, 0) is 137 Å². The normalized spacial score (nSPS) is 19.0. The third-order valence-corrected chi connectivity index (χ3v) is 13.6. The van der Waals surface area contributed by atoms with Crippen molar-refractivity contribution in [1.82, 2.24) is 0 Å². The Labute approximate surface area is 331 Å². The molecule has 8 aromatic rings. The second kappa shape index (κ2) is 11.0. The molecular weight excluding hydrogens is 784 g/mol. The molecule has 0 saturated carbocycles. The van der Waals surface area contributed by atoms with E-state index in [2.05, 4.69) is 214 Å². The van der Waals surface area contributed by atoms with Gasteiger partial charge < -0.3 is 0 Å². The minimum Gasteiger partial charge on any atom is -0.0622 e. The van der Waals surface area contributed by atoms with Crippen LogP contribution in [0.25, 0.3) is 55.7 Å². The van der Waals surface area contributed by atoms with Gasteiger partial charge in [0.2, 0.25) is 0 Å². The van der Waals surface area contributed by atoms with Crippen LogP contribution in [-0.2, 0) is 10.8 Å². The van der Waals surface area contributed by atoms with Crippen molar-refractivity contribution < 1.29 is 0 Å². The Morgan fingerprint density at radius 1 is 0.259 bits per heavy atom. The van der Waals surface area contributed by atoms with E-state index in [0.29, 0.717) is 0 Å². The second-order valence-electron chi connectivity index (χ2n) is 15.0. The average Bonchev–Trinajstić information content (AvgIpc) is 3.89. The van der Waals surface area contributed by atoms with Crippen LogP contribution < -0.4 is 0 Å². The monoisotopic (exact) mass is 812 g/mol. The van der Waals surface area contributed by atoms with Crippen molar-refractivity contribution in [3.8, 4) is 44.5 Å². The van der Waals surface area contributed by atoms with Crippen LogP contribution >= 0.6 is 31.9 Å². The number of fused-ring (bicyclic) bond motifs is 18. The van der Waals surface area contributed by atoms with Gasteiger partial charge >= 0.3 is 0 Å². The Kier molecular flexibility index (Phi) is 6.29. The summed E-state index contributed by atoms with van der Waals surface area (Å²) >= 11 is 7.97. The van der Waals surface area contributed by atoms with E-state index in [9.17, 15) is 0 Å². The number of halogens is 2. The predicted molar refractivity (Wildman–Crippen MR) is 229 cm³/mol. The summed E-state index contributed by atoms with van der Waals surface area (Å²) in [5.41, 5.74) is 22.6. The number of hydrogen-bond acceptors (Lipinski definition) is 0. The van der Waals surface area contributed by atoms with Crippen LogP contribution in [0.2, 0.25) is 0 Å². The number of rotatable bonds is 2. The molecule has 2 spiro atoms. The molecule has 12 rings (SSSR count). The molecule has 0 saturated heterocycles. The lowest BCUT2D eigenvalue weighted by atomic mass is 9.66. The van der Waals surface area contributed by atoms with Gasteiger partial charge in [-0.25, -0.2) is 0 Å². The van der Waals surface area contributed by atoms with Gasteiger partial charge in [0.1, 0.15) is 0 Å². The van der Waals surface area contributed by atoms with Crippen molar-refractivity contribution in [2.45, 2.75) is 10.8 Å². The Morgan fingerprint density at radius 2 is 0.611 bits per heavy atom. The highest BCUT2D eigenvalue weighted by molar-refractivity contribution is 9.10. The Balaban J connectivity index is 1.28. The van der Waals surface area contributed by atoms with Gasteiger partial charge in [-0.15, -0.1) is 0 Å². The van der Waals surface area contributed by atoms with Crippen LogP contribution in [0.1, 0.15) is 44.5 Å². The molecule has 0 fully saturated rings. The smallest absolute Gasteiger partial charge is 0.0622 e. The van der Waals surface area contributed by atoms with E-state index in [1.165, 1.54) is 100 Å². The highest BCUT2D eigenvalue weighted by atomic mass is 79.9. The molecular formula is C52H30Br2. The second-order valence-corrected chi connectivity index (χ2v) is 16.8. The van der Waals surface area contributed by atoms with E-state index in [4.69, 9.17) is 0 Å². The van der Waals surface area contributed by atoms with Gasteiger partial charge in [0.25, 0.3) is 0 Å². The summed E-state index contributed by atoms with van der Waals surface area (Å²) in [6, 6.07) is 68.5. The minimum atomic E-state index is -0.536. The summed E-state index contributed by atoms with van der Waals surface area (Å²) in [4.78, 5) is 0. The molecule has 0 aliphatic heterocycles. The summed E-state index contributed by atoms with van der Waals surface area (Å²) in [6.45, 7) is 0. The van der Waals surface area contributed by atoms with Crippen molar-refractivity contribution in [3.63, 3.8) is 0 Å². The van der Waals surface area contributed by atoms with Crippen molar-refractivity contribution in [1.29, 1.82) is 0 Å². The zero-order chi connectivity index (χ0) is 35.8. The first-order valence-electron chi connectivity index (χ1n) is 18.6. The van der Waals surface area contributed by atoms with Gasteiger partial charge in [0.15, 0.2) is 0 Å². The molecule has 2 atom stereocenters. The number of benzene rings is 8. The zero-order valence-electron chi connectivity index (χ0n) is 29.1. The summed E-state index contributed by atoms with van der Waals surface area (Å²) < 4.78 is 2.19. The molecule has 4 aliphatic rings. The summed E-state index contributed by atoms with van der Waals surface area (Å²) in [5.74, 6) is 0. The fourth-order valence-electron chi connectivity index (χ4n) is 10.7. The van der Waals surface area contributed by atoms with E-state index in [-0.39, 0.29) is 0 Å². The number of allylic oxidation sites excluding steroid dienone is 2. The van der Waals surface area contributed by atoms with Gasteiger partial charge in [-0.1, -0.05) is 177 Å². The lowest BCUT2D eigenvalue weighted by molar-refractivity contribution is 0.825. The molecule has 0 amide bonds. The van der Waals surface area contributed by atoms with Crippen LogP contribution in [0.3, 0.4) is 0 Å². The first kappa shape index (κ1) is 30.9. The molecule has 252 valence electrons. The summed E-state index contributed by atoms with van der Waals surface area (Å²) in [5, 5.41) is 0. The molecule has 0 heterocycles. The molecule has 4 aliphatic carbocycles. The highest BCUT2D eigenvalue weighted by Crippen LogP contribution is 2.75. The first-order chi connectivity index (χ1) is 26.6. The highest BCUT2D eigenvalue weighted by Gasteiger charge is 2.63. The van der Waals surface area contributed by atoms with Crippen molar-refractivity contribution in [2.75, 3.05) is 0 Å². The van der Waals surface area contributed by atoms with E-state index >= 15 is 0 Å². The maximum absolute atomic E-state index is 3.98. The SMILES string of the molecule is Brc1ccc2c(c1)C1(C3=C2C2(c4cc(Br)ccc43)c3ccccc3-c3ccc(-c4ccccc4)cc32)c2ccccc2-c2ccc(-c3ccccc3)cc21.